The van der Waals surface area contributed by atoms with Crippen molar-refractivity contribution in [3.8, 4) is 0 Å². The minimum absolute atomic E-state index is 0. The summed E-state index contributed by atoms with van der Waals surface area (Å²) in [6.07, 6.45) is 6.35. The molecule has 0 aliphatic rings. The molecule has 0 saturated carbocycles. The Hall–Kier alpha value is -1.05. The van der Waals surface area contributed by atoms with Crippen LogP contribution in [0.25, 0.3) is 0 Å². The smallest absolute Gasteiger partial charge is 0.191 e. The second kappa shape index (κ2) is 13.2. The first-order chi connectivity index (χ1) is 11.4. The third-order valence-electron chi connectivity index (χ3n) is 3.80. The summed E-state index contributed by atoms with van der Waals surface area (Å²) in [5, 5.41) is 10.2. The number of unbranched alkanes of at least 4 members (excludes halogenated alkanes) is 1. The quantitative estimate of drug-likeness (QED) is 0.223. The summed E-state index contributed by atoms with van der Waals surface area (Å²) >= 11 is 0. The second-order valence-corrected chi connectivity index (χ2v) is 7.49. The molecule has 0 fully saturated rings. The SMILES string of the molecule is CN=C(NCCCCNc1ccccn1)NC(C)CCC(C)(C)C.I. The highest BCUT2D eigenvalue weighted by Gasteiger charge is 2.13. The molecule has 0 bridgehead atoms. The number of nitrogens with zero attached hydrogens (tertiary/aromatic N) is 2. The maximum absolute atomic E-state index is 4.31. The first-order valence-corrected chi connectivity index (χ1v) is 9.03. The van der Waals surface area contributed by atoms with E-state index in [4.69, 9.17) is 0 Å². The molecule has 1 atom stereocenters. The Morgan fingerprint density at radius 2 is 1.92 bits per heavy atom. The molecule has 6 heteroatoms. The van der Waals surface area contributed by atoms with Gasteiger partial charge in [0.2, 0.25) is 0 Å². The van der Waals surface area contributed by atoms with Crippen molar-refractivity contribution in [3.63, 3.8) is 0 Å². The highest BCUT2D eigenvalue weighted by molar-refractivity contribution is 14.0. The van der Waals surface area contributed by atoms with Gasteiger partial charge in [-0.2, -0.15) is 0 Å². The van der Waals surface area contributed by atoms with Crippen molar-refractivity contribution in [2.45, 2.75) is 59.4 Å². The predicted octanol–water partition coefficient (Wildman–Crippen LogP) is 4.27. The summed E-state index contributed by atoms with van der Waals surface area (Å²) in [6, 6.07) is 6.34. The second-order valence-electron chi connectivity index (χ2n) is 7.49. The van der Waals surface area contributed by atoms with Crippen LogP contribution in [0.2, 0.25) is 0 Å². The molecule has 5 nitrogen and oxygen atoms in total. The van der Waals surface area contributed by atoms with Gasteiger partial charge in [-0.25, -0.2) is 4.98 Å². The molecule has 1 aromatic heterocycles. The Labute approximate surface area is 170 Å². The lowest BCUT2D eigenvalue weighted by Gasteiger charge is -2.23. The highest BCUT2D eigenvalue weighted by Crippen LogP contribution is 2.21. The van der Waals surface area contributed by atoms with E-state index in [0.717, 1.165) is 44.1 Å². The van der Waals surface area contributed by atoms with Gasteiger partial charge in [-0.1, -0.05) is 26.8 Å². The average molecular weight is 461 g/mol. The Balaban J connectivity index is 0.00000576. The van der Waals surface area contributed by atoms with E-state index in [2.05, 4.69) is 53.6 Å². The van der Waals surface area contributed by atoms with Crippen LogP contribution >= 0.6 is 24.0 Å². The standard InChI is InChI=1S/C19H35N5.HI/c1-16(11-12-19(2,3)4)24-18(20-5)23-15-9-8-14-22-17-10-6-7-13-21-17;/h6-7,10,13,16H,8-9,11-12,14-15H2,1-5H3,(H,21,22)(H2,20,23,24);1H. The average Bonchev–Trinajstić information content (AvgIpc) is 2.55. The fraction of sp³-hybridized carbons (Fsp3) is 0.684. The van der Waals surface area contributed by atoms with Crippen LogP contribution in [0.1, 0.15) is 53.4 Å². The van der Waals surface area contributed by atoms with Crippen LogP contribution in [0.15, 0.2) is 29.4 Å². The van der Waals surface area contributed by atoms with Crippen LogP contribution in [0.4, 0.5) is 5.82 Å². The molecule has 0 aromatic carbocycles. The fourth-order valence-electron chi connectivity index (χ4n) is 2.29. The summed E-state index contributed by atoms with van der Waals surface area (Å²) < 4.78 is 0. The number of guanidine groups is 1. The third-order valence-corrected chi connectivity index (χ3v) is 3.80. The minimum atomic E-state index is 0. The molecule has 3 N–H and O–H groups in total. The van der Waals surface area contributed by atoms with Gasteiger partial charge in [-0.05, 0) is 50.2 Å². The van der Waals surface area contributed by atoms with Gasteiger partial charge in [0.25, 0.3) is 0 Å². The van der Waals surface area contributed by atoms with E-state index in [0.29, 0.717) is 11.5 Å². The monoisotopic (exact) mass is 461 g/mol. The number of anilines is 1. The topological polar surface area (TPSA) is 61.3 Å². The summed E-state index contributed by atoms with van der Waals surface area (Å²) in [6.45, 7) is 10.9. The lowest BCUT2D eigenvalue weighted by atomic mass is 9.89. The van der Waals surface area contributed by atoms with Gasteiger partial charge < -0.3 is 16.0 Å². The van der Waals surface area contributed by atoms with Crippen molar-refractivity contribution < 1.29 is 0 Å². The number of hydrogen-bond donors (Lipinski definition) is 3. The molecule has 0 spiro atoms. The van der Waals surface area contributed by atoms with Crippen LogP contribution in [0.3, 0.4) is 0 Å². The zero-order valence-corrected chi connectivity index (χ0v) is 18.8. The number of nitrogens with one attached hydrogen (secondary N) is 3. The van der Waals surface area contributed by atoms with Crippen molar-refractivity contribution in [2.24, 2.45) is 10.4 Å². The number of aromatic nitrogens is 1. The van der Waals surface area contributed by atoms with Gasteiger partial charge in [-0.15, -0.1) is 24.0 Å². The molecule has 0 aliphatic heterocycles. The first kappa shape index (κ1) is 23.9. The Bertz CT molecular complexity index is 470. The number of hydrogen-bond acceptors (Lipinski definition) is 3. The van der Waals surface area contributed by atoms with Crippen LogP contribution in [0, 0.1) is 5.41 Å². The molecule has 25 heavy (non-hydrogen) atoms. The Morgan fingerprint density at radius 1 is 1.20 bits per heavy atom. The van der Waals surface area contributed by atoms with Crippen LogP contribution in [-0.2, 0) is 0 Å². The first-order valence-electron chi connectivity index (χ1n) is 9.03. The molecule has 1 unspecified atom stereocenters. The molecule has 0 aliphatic carbocycles. The van der Waals surface area contributed by atoms with E-state index in [9.17, 15) is 0 Å². The van der Waals surface area contributed by atoms with Crippen molar-refractivity contribution in [3.05, 3.63) is 24.4 Å². The van der Waals surface area contributed by atoms with Gasteiger partial charge >= 0.3 is 0 Å². The molecule has 1 aromatic rings. The van der Waals surface area contributed by atoms with Gasteiger partial charge in [0.15, 0.2) is 5.96 Å². The number of pyridine rings is 1. The molecule has 1 heterocycles. The van der Waals surface area contributed by atoms with E-state index in [1.807, 2.05) is 25.2 Å². The zero-order chi connectivity index (χ0) is 17.8. The summed E-state index contributed by atoms with van der Waals surface area (Å²) in [7, 11) is 1.83. The largest absolute Gasteiger partial charge is 0.370 e. The lowest BCUT2D eigenvalue weighted by molar-refractivity contribution is 0.346. The van der Waals surface area contributed by atoms with Gasteiger partial charge in [0.05, 0.1) is 0 Å². The predicted molar refractivity (Wildman–Crippen MR) is 120 cm³/mol. The van der Waals surface area contributed by atoms with E-state index < -0.39 is 0 Å². The maximum Gasteiger partial charge on any atom is 0.191 e. The van der Waals surface area contributed by atoms with Crippen molar-refractivity contribution in [2.75, 3.05) is 25.5 Å². The van der Waals surface area contributed by atoms with E-state index in [-0.39, 0.29) is 24.0 Å². The fourth-order valence-corrected chi connectivity index (χ4v) is 2.29. The van der Waals surface area contributed by atoms with Gasteiger partial charge in [0, 0.05) is 32.4 Å². The van der Waals surface area contributed by atoms with E-state index in [1.165, 1.54) is 6.42 Å². The third kappa shape index (κ3) is 12.9. The van der Waals surface area contributed by atoms with Crippen molar-refractivity contribution in [1.29, 1.82) is 0 Å². The Kier molecular flexibility index (Phi) is 12.6. The van der Waals surface area contributed by atoms with E-state index in [1.54, 1.807) is 6.20 Å². The molecule has 1 rings (SSSR count). The minimum Gasteiger partial charge on any atom is -0.370 e. The van der Waals surface area contributed by atoms with Crippen molar-refractivity contribution in [1.82, 2.24) is 15.6 Å². The maximum atomic E-state index is 4.31. The molecule has 144 valence electrons. The molecular formula is C19H36IN5. The number of rotatable bonds is 9. The van der Waals surface area contributed by atoms with Gasteiger partial charge in [-0.3, -0.25) is 4.99 Å². The summed E-state index contributed by atoms with van der Waals surface area (Å²) in [5.74, 6) is 1.84. The molecule has 0 radical (unpaired) electrons. The summed E-state index contributed by atoms with van der Waals surface area (Å²) in [5.41, 5.74) is 0.382. The van der Waals surface area contributed by atoms with Gasteiger partial charge in [0.1, 0.15) is 5.82 Å². The summed E-state index contributed by atoms with van der Waals surface area (Å²) in [4.78, 5) is 8.56. The highest BCUT2D eigenvalue weighted by atomic mass is 127. The normalized spacial score (nSPS) is 12.9. The van der Waals surface area contributed by atoms with Crippen molar-refractivity contribution >= 4 is 35.8 Å². The van der Waals surface area contributed by atoms with Crippen LogP contribution in [0.5, 0.6) is 0 Å². The van der Waals surface area contributed by atoms with Crippen LogP contribution < -0.4 is 16.0 Å². The lowest BCUT2D eigenvalue weighted by Crippen LogP contribution is -2.42. The molecule has 0 saturated heterocycles. The molecule has 0 amide bonds. The zero-order valence-electron chi connectivity index (χ0n) is 16.4. The molecular weight excluding hydrogens is 425 g/mol. The number of halogens is 1. The number of aliphatic imine (C=N–C) groups is 1. The van der Waals surface area contributed by atoms with Crippen LogP contribution in [-0.4, -0.2) is 37.1 Å². The van der Waals surface area contributed by atoms with E-state index >= 15 is 0 Å². The Morgan fingerprint density at radius 3 is 2.52 bits per heavy atom.